The molecule has 2 saturated heterocycles. The van der Waals surface area contributed by atoms with E-state index in [1.54, 1.807) is 0 Å². The molecule has 2 aliphatic heterocycles. The van der Waals surface area contributed by atoms with Crippen molar-refractivity contribution in [2.45, 2.75) is 44.6 Å². The molecule has 0 bridgehead atoms. The van der Waals surface area contributed by atoms with Crippen LogP contribution in [0.4, 0.5) is 10.5 Å². The lowest BCUT2D eigenvalue weighted by atomic mass is 9.93. The van der Waals surface area contributed by atoms with Crippen molar-refractivity contribution in [3.63, 3.8) is 0 Å². The Kier molecular flexibility index (Phi) is 6.24. The fraction of sp³-hybridized carbons (Fsp3) is 0.579. The lowest BCUT2D eigenvalue weighted by Gasteiger charge is -2.22. The van der Waals surface area contributed by atoms with Crippen LogP contribution in [0.25, 0.3) is 0 Å². The number of thioether (sulfide) groups is 1. The van der Waals surface area contributed by atoms with Crippen LogP contribution in [0.5, 0.6) is 0 Å². The van der Waals surface area contributed by atoms with E-state index in [-0.39, 0.29) is 6.54 Å². The van der Waals surface area contributed by atoms with Crippen LogP contribution in [0.15, 0.2) is 24.3 Å². The second-order valence-corrected chi connectivity index (χ2v) is 7.71. The van der Waals surface area contributed by atoms with E-state index in [0.29, 0.717) is 12.5 Å². The van der Waals surface area contributed by atoms with E-state index in [9.17, 15) is 9.59 Å². The third kappa shape index (κ3) is 4.48. The lowest BCUT2D eigenvalue weighted by Crippen LogP contribution is -2.29. The van der Waals surface area contributed by atoms with Crippen molar-refractivity contribution in [1.82, 2.24) is 0 Å². The Labute approximate surface area is 153 Å². The number of rotatable bonds is 6. The number of esters is 1. The maximum absolute atomic E-state index is 12.1. The number of hydrogen-bond acceptors (Lipinski definition) is 5. The minimum absolute atomic E-state index is 0.212. The molecule has 0 radical (unpaired) electrons. The van der Waals surface area contributed by atoms with Crippen LogP contribution < -0.4 is 4.90 Å². The lowest BCUT2D eigenvalue weighted by molar-refractivity contribution is -0.151. The number of amides is 1. The van der Waals surface area contributed by atoms with Gasteiger partial charge in [0.15, 0.2) is 0 Å². The number of carbonyl (C=O) groups is 2. The Morgan fingerprint density at radius 2 is 2.00 bits per heavy atom. The van der Waals surface area contributed by atoms with Gasteiger partial charge < -0.3 is 9.47 Å². The van der Waals surface area contributed by atoms with E-state index < -0.39 is 18.2 Å². The number of nitrogens with zero attached hydrogens (tertiary/aromatic N) is 1. The van der Waals surface area contributed by atoms with Gasteiger partial charge in [-0.2, -0.15) is 11.8 Å². The zero-order valence-corrected chi connectivity index (χ0v) is 15.4. The zero-order chi connectivity index (χ0) is 17.6. The molecule has 2 aliphatic rings. The minimum atomic E-state index is -0.834. The van der Waals surface area contributed by atoms with Gasteiger partial charge in [0.05, 0.1) is 13.2 Å². The first-order chi connectivity index (χ1) is 12.2. The molecule has 0 unspecified atom stereocenters. The van der Waals surface area contributed by atoms with Crippen LogP contribution in [0.1, 0.15) is 44.1 Å². The normalized spacial score (nSPS) is 21.2. The largest absolute Gasteiger partial charge is 0.463 e. The molecule has 0 saturated carbocycles. The molecule has 25 heavy (non-hydrogen) atoms. The van der Waals surface area contributed by atoms with Crippen LogP contribution >= 0.6 is 11.8 Å². The van der Waals surface area contributed by atoms with E-state index in [1.807, 2.05) is 30.8 Å². The summed E-state index contributed by atoms with van der Waals surface area (Å²) in [7, 11) is 0. The molecule has 2 fully saturated rings. The Morgan fingerprint density at radius 3 is 2.68 bits per heavy atom. The topological polar surface area (TPSA) is 55.8 Å². The van der Waals surface area contributed by atoms with E-state index in [0.717, 1.165) is 18.5 Å². The molecule has 1 atom stereocenters. The average Bonchev–Trinajstić information content (AvgIpc) is 3.04. The van der Waals surface area contributed by atoms with Crippen LogP contribution in [0.2, 0.25) is 0 Å². The molecular formula is C19H25NO4S. The second kappa shape index (κ2) is 8.61. The van der Waals surface area contributed by atoms with Crippen molar-refractivity contribution >= 4 is 29.5 Å². The van der Waals surface area contributed by atoms with Crippen molar-refractivity contribution < 1.29 is 19.1 Å². The van der Waals surface area contributed by atoms with Gasteiger partial charge in [-0.1, -0.05) is 25.5 Å². The fourth-order valence-corrected chi connectivity index (χ4v) is 4.27. The van der Waals surface area contributed by atoms with Crippen LogP contribution in [0, 0.1) is 0 Å². The standard InChI is InChI=1S/C19H25NO4S/c1-2-3-10-23-18(21)17-13-20(19(22)24-17)16-6-4-14(5-7-16)15-8-11-25-12-9-15/h4-7,15,17H,2-3,8-13H2,1H3/t17-/m1/s1. The highest BCUT2D eigenvalue weighted by Gasteiger charge is 2.38. The van der Waals surface area contributed by atoms with Crippen LogP contribution in [0.3, 0.4) is 0 Å². The molecule has 5 nitrogen and oxygen atoms in total. The van der Waals surface area contributed by atoms with Crippen LogP contribution in [-0.4, -0.2) is 42.8 Å². The number of anilines is 1. The van der Waals surface area contributed by atoms with Crippen molar-refractivity contribution in [1.29, 1.82) is 0 Å². The van der Waals surface area contributed by atoms with E-state index in [2.05, 4.69) is 12.1 Å². The minimum Gasteiger partial charge on any atom is -0.463 e. The number of cyclic esters (lactones) is 1. The Balaban J connectivity index is 1.59. The van der Waals surface area contributed by atoms with Crippen molar-refractivity contribution in [3.05, 3.63) is 29.8 Å². The van der Waals surface area contributed by atoms with Gasteiger partial charge in [-0.25, -0.2) is 9.59 Å². The maximum Gasteiger partial charge on any atom is 0.415 e. The molecule has 6 heteroatoms. The monoisotopic (exact) mass is 363 g/mol. The van der Waals surface area contributed by atoms with E-state index >= 15 is 0 Å². The highest BCUT2D eigenvalue weighted by molar-refractivity contribution is 7.99. The average molecular weight is 363 g/mol. The molecule has 1 aromatic rings. The summed E-state index contributed by atoms with van der Waals surface area (Å²) < 4.78 is 10.3. The molecule has 136 valence electrons. The molecule has 1 amide bonds. The summed E-state index contributed by atoms with van der Waals surface area (Å²) in [5.41, 5.74) is 2.09. The molecule has 0 aliphatic carbocycles. The first-order valence-corrected chi connectivity index (χ1v) is 10.2. The molecular weight excluding hydrogens is 338 g/mol. The van der Waals surface area contributed by atoms with Gasteiger partial charge in [-0.3, -0.25) is 4.90 Å². The van der Waals surface area contributed by atoms with E-state index in [4.69, 9.17) is 9.47 Å². The molecule has 1 aromatic carbocycles. The third-order valence-electron chi connectivity index (χ3n) is 4.71. The molecule has 0 aromatic heterocycles. The summed E-state index contributed by atoms with van der Waals surface area (Å²) in [6, 6.07) is 8.08. The predicted molar refractivity (Wildman–Crippen MR) is 99.2 cm³/mol. The first-order valence-electron chi connectivity index (χ1n) is 9.01. The summed E-state index contributed by atoms with van der Waals surface area (Å²) in [6.45, 7) is 2.61. The molecule has 3 rings (SSSR count). The second-order valence-electron chi connectivity index (χ2n) is 6.48. The summed E-state index contributed by atoms with van der Waals surface area (Å²) in [4.78, 5) is 25.6. The Hall–Kier alpha value is -1.69. The highest BCUT2D eigenvalue weighted by atomic mass is 32.2. The third-order valence-corrected chi connectivity index (χ3v) is 5.76. The smallest absolute Gasteiger partial charge is 0.415 e. The summed E-state index contributed by atoms with van der Waals surface area (Å²) >= 11 is 2.01. The predicted octanol–water partition coefficient (Wildman–Crippen LogP) is 3.97. The van der Waals surface area contributed by atoms with Gasteiger partial charge in [0, 0.05) is 5.69 Å². The number of unbranched alkanes of at least 4 members (excludes halogenated alkanes) is 1. The summed E-state index contributed by atoms with van der Waals surface area (Å²) in [5.74, 6) is 2.59. The number of ether oxygens (including phenoxy) is 2. The number of benzene rings is 1. The maximum atomic E-state index is 12.1. The van der Waals surface area contributed by atoms with Crippen molar-refractivity contribution in [2.75, 3.05) is 29.6 Å². The molecule has 2 heterocycles. The SMILES string of the molecule is CCCCOC(=O)[C@H]1CN(c2ccc(C3CCSCC3)cc2)C(=O)O1. The molecule has 0 N–H and O–H groups in total. The first kappa shape index (κ1) is 18.1. The highest BCUT2D eigenvalue weighted by Crippen LogP contribution is 2.33. The van der Waals surface area contributed by atoms with Crippen molar-refractivity contribution in [2.24, 2.45) is 0 Å². The number of carbonyl (C=O) groups excluding carboxylic acids is 2. The number of hydrogen-bond donors (Lipinski definition) is 0. The Morgan fingerprint density at radius 1 is 1.28 bits per heavy atom. The zero-order valence-electron chi connectivity index (χ0n) is 14.6. The van der Waals surface area contributed by atoms with Gasteiger partial charge in [-0.05, 0) is 54.4 Å². The summed E-state index contributed by atoms with van der Waals surface area (Å²) in [6.07, 6.45) is 2.87. The van der Waals surface area contributed by atoms with Gasteiger partial charge in [0.1, 0.15) is 0 Å². The van der Waals surface area contributed by atoms with Crippen molar-refractivity contribution in [3.8, 4) is 0 Å². The van der Waals surface area contributed by atoms with Gasteiger partial charge in [-0.15, -0.1) is 0 Å². The van der Waals surface area contributed by atoms with Crippen LogP contribution in [-0.2, 0) is 14.3 Å². The molecule has 0 spiro atoms. The van der Waals surface area contributed by atoms with Gasteiger partial charge in [0.25, 0.3) is 0 Å². The summed E-state index contributed by atoms with van der Waals surface area (Å²) in [5, 5.41) is 0. The fourth-order valence-electron chi connectivity index (χ4n) is 3.16. The van der Waals surface area contributed by atoms with Gasteiger partial charge in [0.2, 0.25) is 6.10 Å². The Bertz CT molecular complexity index is 598. The van der Waals surface area contributed by atoms with Gasteiger partial charge >= 0.3 is 12.1 Å². The van der Waals surface area contributed by atoms with E-state index in [1.165, 1.54) is 34.8 Å². The quantitative estimate of drug-likeness (QED) is 0.565.